The summed E-state index contributed by atoms with van der Waals surface area (Å²) in [6.45, 7) is 18.5. The molecule has 63 heavy (non-hydrogen) atoms. The molecule has 10 rings (SSSR count). The highest BCUT2D eigenvalue weighted by atomic mass is 16.5. The number of rotatable bonds is 12. The molecule has 0 bridgehead atoms. The molecule has 2 aliphatic rings. The smallest absolute Gasteiger partial charge is 0.330 e. The van der Waals surface area contributed by atoms with Crippen molar-refractivity contribution < 1.29 is 19.1 Å². The van der Waals surface area contributed by atoms with Crippen LogP contribution in [0.2, 0.25) is 0 Å². The number of carbonyl (C=O) groups excluding carboxylic acids is 2. The van der Waals surface area contributed by atoms with Crippen molar-refractivity contribution in [1.82, 2.24) is 0 Å². The van der Waals surface area contributed by atoms with E-state index in [-0.39, 0.29) is 18.1 Å². The summed E-state index contributed by atoms with van der Waals surface area (Å²) >= 11 is 0. The molecule has 0 spiro atoms. The van der Waals surface area contributed by atoms with Gasteiger partial charge in [0.05, 0.1) is 11.5 Å². The number of hydrogen-bond donors (Lipinski definition) is 0. The number of hydrogen-bond acceptors (Lipinski definition) is 4. The SMILES string of the molecule is C=CC(=O)OCC1(CCC(C)OC(=O)C=C)c2ccccc2-c2ccc(-c3ccc4c(c3)C(C)(C)c3cc(-c5ccc6ccc7cc(CC(C)C)cc8ccc5c6c78)ccc3-4)cc21. The first-order valence-corrected chi connectivity index (χ1v) is 22.3. The van der Waals surface area contributed by atoms with Crippen molar-refractivity contribution in [2.45, 2.75) is 70.8 Å². The summed E-state index contributed by atoms with van der Waals surface area (Å²) in [5.41, 5.74) is 14.8. The highest BCUT2D eigenvalue weighted by molar-refractivity contribution is 6.25. The third-order valence-corrected chi connectivity index (χ3v) is 14.0. The zero-order valence-corrected chi connectivity index (χ0v) is 36.8. The van der Waals surface area contributed by atoms with Crippen LogP contribution in [-0.4, -0.2) is 24.6 Å². The summed E-state index contributed by atoms with van der Waals surface area (Å²) in [6, 6.07) is 47.7. The van der Waals surface area contributed by atoms with Gasteiger partial charge < -0.3 is 9.47 Å². The Morgan fingerprint density at radius 2 is 1.14 bits per heavy atom. The normalized spacial score (nSPS) is 16.2. The van der Waals surface area contributed by atoms with E-state index in [1.54, 1.807) is 0 Å². The van der Waals surface area contributed by atoms with Crippen LogP contribution in [0.3, 0.4) is 0 Å². The third-order valence-electron chi connectivity index (χ3n) is 14.0. The summed E-state index contributed by atoms with van der Waals surface area (Å²) < 4.78 is 11.5. The quantitative estimate of drug-likeness (QED) is 0.0699. The first kappa shape index (κ1) is 40.3. The second-order valence-electron chi connectivity index (χ2n) is 18.7. The summed E-state index contributed by atoms with van der Waals surface area (Å²) in [5.74, 6) is -0.319. The molecular formula is C59H52O4. The van der Waals surface area contributed by atoms with Crippen molar-refractivity contribution in [3.8, 4) is 44.5 Å². The molecule has 8 aromatic carbocycles. The molecule has 0 saturated carbocycles. The second-order valence-corrected chi connectivity index (χ2v) is 18.7. The van der Waals surface area contributed by atoms with E-state index in [1.807, 2.05) is 13.0 Å². The van der Waals surface area contributed by atoms with Gasteiger partial charge in [-0.25, -0.2) is 9.59 Å². The Morgan fingerprint density at radius 3 is 1.83 bits per heavy atom. The summed E-state index contributed by atoms with van der Waals surface area (Å²) in [4.78, 5) is 24.8. The Hall–Kier alpha value is -6.78. The van der Waals surface area contributed by atoms with Gasteiger partial charge in [-0.1, -0.05) is 150 Å². The van der Waals surface area contributed by atoms with Crippen LogP contribution in [0.25, 0.3) is 76.8 Å². The Labute approximate surface area is 370 Å². The molecule has 0 aliphatic heterocycles. The first-order valence-electron chi connectivity index (χ1n) is 22.3. The molecule has 4 nitrogen and oxygen atoms in total. The fourth-order valence-corrected chi connectivity index (χ4v) is 10.9. The molecule has 0 fully saturated rings. The topological polar surface area (TPSA) is 52.6 Å². The van der Waals surface area contributed by atoms with Crippen LogP contribution < -0.4 is 0 Å². The lowest BCUT2D eigenvalue weighted by Gasteiger charge is -2.33. The monoisotopic (exact) mass is 824 g/mol. The van der Waals surface area contributed by atoms with Crippen LogP contribution in [0.5, 0.6) is 0 Å². The number of carbonyl (C=O) groups is 2. The van der Waals surface area contributed by atoms with Crippen LogP contribution in [0.1, 0.15) is 75.3 Å². The molecular weight excluding hydrogens is 773 g/mol. The van der Waals surface area contributed by atoms with Crippen LogP contribution in [0, 0.1) is 5.92 Å². The van der Waals surface area contributed by atoms with Crippen molar-refractivity contribution in [3.05, 3.63) is 181 Å². The van der Waals surface area contributed by atoms with E-state index in [2.05, 4.69) is 162 Å². The van der Waals surface area contributed by atoms with Crippen LogP contribution in [0.15, 0.2) is 153 Å². The molecule has 8 aromatic rings. The molecule has 312 valence electrons. The maximum Gasteiger partial charge on any atom is 0.330 e. The third kappa shape index (κ3) is 6.58. The van der Waals surface area contributed by atoms with E-state index in [9.17, 15) is 9.59 Å². The first-order chi connectivity index (χ1) is 30.4. The molecule has 0 radical (unpaired) electrons. The van der Waals surface area contributed by atoms with Gasteiger partial charge in [-0.3, -0.25) is 0 Å². The molecule has 2 unspecified atom stereocenters. The molecule has 0 amide bonds. The van der Waals surface area contributed by atoms with Crippen LogP contribution in [-0.2, 0) is 36.3 Å². The Bertz CT molecular complexity index is 3160. The molecule has 0 N–H and O–H groups in total. The van der Waals surface area contributed by atoms with Gasteiger partial charge in [0.2, 0.25) is 0 Å². The predicted molar refractivity (Wildman–Crippen MR) is 259 cm³/mol. The largest absolute Gasteiger partial charge is 0.461 e. The van der Waals surface area contributed by atoms with Gasteiger partial charge in [0.25, 0.3) is 0 Å². The standard InChI is InChI=1S/C59H52O4/c1-8-54(60)62-34-59(27-26-36(5)63-55(61)9-2)50-13-11-10-12-45(50)48-23-18-40(32-53(48)59)39-17-22-46-47-24-19-41(33-52(47)58(6,7)51(46)31-39)44-21-16-38-14-15-42-29-37(28-35(3)4)30-43-20-25-49(44)57(38)56(42)43/h8-25,29-33,35-36H,1-2,26-28,34H2,3-7H3. The number of fused-ring (bicyclic) bond motifs is 6. The van der Waals surface area contributed by atoms with E-state index < -0.39 is 17.4 Å². The van der Waals surface area contributed by atoms with Gasteiger partial charge in [-0.2, -0.15) is 0 Å². The van der Waals surface area contributed by atoms with Gasteiger partial charge in [0, 0.05) is 17.6 Å². The minimum atomic E-state index is -0.667. The Morgan fingerprint density at radius 1 is 0.587 bits per heavy atom. The van der Waals surface area contributed by atoms with Crippen molar-refractivity contribution >= 4 is 44.3 Å². The maximum absolute atomic E-state index is 12.7. The lowest BCUT2D eigenvalue weighted by Crippen LogP contribution is -2.34. The van der Waals surface area contributed by atoms with Gasteiger partial charge >= 0.3 is 11.9 Å². The molecule has 2 aliphatic carbocycles. The zero-order chi connectivity index (χ0) is 43.8. The average Bonchev–Trinajstić information content (AvgIpc) is 3.69. The highest BCUT2D eigenvalue weighted by Gasteiger charge is 2.45. The van der Waals surface area contributed by atoms with E-state index in [4.69, 9.17) is 9.47 Å². The summed E-state index contributed by atoms with van der Waals surface area (Å²) in [5, 5.41) is 7.90. The second kappa shape index (κ2) is 15.2. The number of benzene rings is 8. The summed E-state index contributed by atoms with van der Waals surface area (Å²) in [6.07, 6.45) is 4.27. The zero-order valence-electron chi connectivity index (χ0n) is 36.8. The van der Waals surface area contributed by atoms with Crippen molar-refractivity contribution in [2.24, 2.45) is 5.92 Å². The lowest BCUT2D eigenvalue weighted by molar-refractivity contribution is -0.142. The van der Waals surface area contributed by atoms with Gasteiger partial charge in [0.1, 0.15) is 6.61 Å². The molecule has 2 atom stereocenters. The van der Waals surface area contributed by atoms with Crippen molar-refractivity contribution in [3.63, 3.8) is 0 Å². The highest BCUT2D eigenvalue weighted by Crippen LogP contribution is 2.55. The van der Waals surface area contributed by atoms with E-state index in [1.165, 1.54) is 83.4 Å². The van der Waals surface area contributed by atoms with E-state index >= 15 is 0 Å². The van der Waals surface area contributed by atoms with E-state index in [0.29, 0.717) is 18.8 Å². The molecule has 0 heterocycles. The Balaban J connectivity index is 1.03. The van der Waals surface area contributed by atoms with E-state index in [0.717, 1.165) is 39.8 Å². The number of esters is 2. The van der Waals surface area contributed by atoms with Crippen molar-refractivity contribution in [1.29, 1.82) is 0 Å². The predicted octanol–water partition coefficient (Wildman–Crippen LogP) is 14.3. The maximum atomic E-state index is 12.7. The summed E-state index contributed by atoms with van der Waals surface area (Å²) in [7, 11) is 0. The fourth-order valence-electron chi connectivity index (χ4n) is 10.9. The molecule has 0 saturated heterocycles. The fraction of sp³-hybridized carbons (Fsp3) is 0.220. The van der Waals surface area contributed by atoms with Crippen molar-refractivity contribution in [2.75, 3.05) is 6.61 Å². The van der Waals surface area contributed by atoms with Gasteiger partial charge in [0.15, 0.2) is 0 Å². The minimum Gasteiger partial charge on any atom is -0.461 e. The molecule has 0 aromatic heterocycles. The van der Waals surface area contributed by atoms with Crippen LogP contribution in [0.4, 0.5) is 0 Å². The number of ether oxygens (including phenoxy) is 2. The lowest BCUT2D eigenvalue weighted by atomic mass is 9.74. The Kier molecular flexibility index (Phi) is 9.75. The minimum absolute atomic E-state index is 0.133. The van der Waals surface area contributed by atoms with Crippen LogP contribution >= 0.6 is 0 Å². The average molecular weight is 825 g/mol. The molecule has 4 heteroatoms. The van der Waals surface area contributed by atoms with Gasteiger partial charge in [-0.05, 0) is 155 Å². The van der Waals surface area contributed by atoms with Gasteiger partial charge in [-0.15, -0.1) is 0 Å².